The van der Waals surface area contributed by atoms with Gasteiger partial charge in [0.05, 0.1) is 10.7 Å². The van der Waals surface area contributed by atoms with Gasteiger partial charge in [-0.2, -0.15) is 0 Å². The molecule has 1 atom stereocenters. The van der Waals surface area contributed by atoms with Gasteiger partial charge >= 0.3 is 6.03 Å². The van der Waals surface area contributed by atoms with Gasteiger partial charge in [-0.3, -0.25) is 0 Å². The first-order chi connectivity index (χ1) is 10.6. The van der Waals surface area contributed by atoms with Gasteiger partial charge in [-0.1, -0.05) is 48.9 Å². The number of hydrogen-bond acceptors (Lipinski definition) is 1. The zero-order valence-corrected chi connectivity index (χ0v) is 13.0. The summed E-state index contributed by atoms with van der Waals surface area (Å²) in [6, 6.07) is 13.5. The van der Waals surface area contributed by atoms with E-state index in [0.717, 1.165) is 12.5 Å². The molecule has 0 spiro atoms. The number of anilines is 1. The Balaban J connectivity index is 1.92. The molecule has 3 nitrogen and oxygen atoms in total. The highest BCUT2D eigenvalue weighted by molar-refractivity contribution is 6.33. The second-order valence-electron chi connectivity index (χ2n) is 4.98. The van der Waals surface area contributed by atoms with Crippen LogP contribution in [0.3, 0.4) is 0 Å². The highest BCUT2D eigenvalue weighted by Crippen LogP contribution is 2.22. The topological polar surface area (TPSA) is 41.1 Å². The molecule has 2 aromatic rings. The monoisotopic (exact) mass is 320 g/mol. The van der Waals surface area contributed by atoms with Crippen molar-refractivity contribution < 1.29 is 9.18 Å². The van der Waals surface area contributed by atoms with Crippen molar-refractivity contribution in [2.75, 3.05) is 11.9 Å². The van der Waals surface area contributed by atoms with E-state index in [1.165, 1.54) is 17.7 Å². The Hall–Kier alpha value is -2.07. The van der Waals surface area contributed by atoms with E-state index in [9.17, 15) is 9.18 Å². The highest BCUT2D eigenvalue weighted by Gasteiger charge is 2.11. The molecule has 0 heterocycles. The number of urea groups is 1. The number of halogens is 2. The van der Waals surface area contributed by atoms with Crippen molar-refractivity contribution >= 4 is 23.3 Å². The third kappa shape index (κ3) is 4.46. The van der Waals surface area contributed by atoms with Crippen LogP contribution in [-0.2, 0) is 0 Å². The fourth-order valence-electron chi connectivity index (χ4n) is 2.20. The maximum absolute atomic E-state index is 13.0. The molecule has 0 aromatic heterocycles. The third-order valence-corrected chi connectivity index (χ3v) is 3.76. The SMILES string of the molecule is CCC(CNC(=O)Nc1ccc(F)cc1Cl)c1ccccc1. The Morgan fingerprint density at radius 1 is 1.23 bits per heavy atom. The fourth-order valence-corrected chi connectivity index (χ4v) is 2.41. The van der Waals surface area contributed by atoms with Crippen LogP contribution in [-0.4, -0.2) is 12.6 Å². The van der Waals surface area contributed by atoms with Gasteiger partial charge in [-0.05, 0) is 30.2 Å². The summed E-state index contributed by atoms with van der Waals surface area (Å²) >= 11 is 5.88. The van der Waals surface area contributed by atoms with Crippen LogP contribution in [0.25, 0.3) is 0 Å². The van der Waals surface area contributed by atoms with Crippen molar-refractivity contribution in [3.63, 3.8) is 0 Å². The second kappa shape index (κ2) is 7.80. The number of rotatable bonds is 5. The molecule has 0 saturated heterocycles. The van der Waals surface area contributed by atoms with Gasteiger partial charge < -0.3 is 10.6 Å². The highest BCUT2D eigenvalue weighted by atomic mass is 35.5. The van der Waals surface area contributed by atoms with Crippen LogP contribution in [0.1, 0.15) is 24.8 Å². The van der Waals surface area contributed by atoms with Crippen molar-refractivity contribution in [3.8, 4) is 0 Å². The molecular weight excluding hydrogens is 303 g/mol. The zero-order chi connectivity index (χ0) is 15.9. The Bertz CT molecular complexity index is 634. The minimum absolute atomic E-state index is 0.172. The Labute approximate surface area is 134 Å². The summed E-state index contributed by atoms with van der Waals surface area (Å²) in [7, 11) is 0. The number of carbonyl (C=O) groups excluding carboxylic acids is 1. The molecule has 1 unspecified atom stereocenters. The van der Waals surface area contributed by atoms with Gasteiger partial charge in [-0.25, -0.2) is 9.18 Å². The third-order valence-electron chi connectivity index (χ3n) is 3.45. The average Bonchev–Trinajstić information content (AvgIpc) is 2.52. The lowest BCUT2D eigenvalue weighted by atomic mass is 9.97. The van der Waals surface area contributed by atoms with Crippen LogP contribution in [0.15, 0.2) is 48.5 Å². The predicted octanol–water partition coefficient (Wildman–Crippen LogP) is 4.79. The van der Waals surface area contributed by atoms with Crippen molar-refractivity contribution in [2.45, 2.75) is 19.3 Å². The van der Waals surface area contributed by atoms with E-state index in [1.807, 2.05) is 30.3 Å². The maximum Gasteiger partial charge on any atom is 0.319 e. The molecule has 0 aliphatic heterocycles. The van der Waals surface area contributed by atoms with E-state index in [2.05, 4.69) is 17.6 Å². The molecule has 2 aromatic carbocycles. The van der Waals surface area contributed by atoms with Crippen molar-refractivity contribution in [1.82, 2.24) is 5.32 Å². The number of benzene rings is 2. The van der Waals surface area contributed by atoms with Crippen LogP contribution in [0.5, 0.6) is 0 Å². The summed E-state index contributed by atoms with van der Waals surface area (Å²) in [5.74, 6) is -0.193. The molecule has 22 heavy (non-hydrogen) atoms. The van der Waals surface area contributed by atoms with Gasteiger partial charge in [-0.15, -0.1) is 0 Å². The lowest BCUT2D eigenvalue weighted by Crippen LogP contribution is -2.32. The second-order valence-corrected chi connectivity index (χ2v) is 5.38. The molecule has 2 N–H and O–H groups in total. The van der Waals surface area contributed by atoms with Gasteiger partial charge in [0.25, 0.3) is 0 Å². The molecule has 0 aliphatic rings. The normalized spacial score (nSPS) is 11.8. The summed E-state index contributed by atoms with van der Waals surface area (Å²) in [5.41, 5.74) is 1.57. The molecule has 0 bridgehead atoms. The van der Waals surface area contributed by atoms with E-state index in [1.54, 1.807) is 0 Å². The van der Waals surface area contributed by atoms with Crippen molar-refractivity contribution in [3.05, 3.63) is 64.9 Å². The molecule has 5 heteroatoms. The maximum atomic E-state index is 13.0. The lowest BCUT2D eigenvalue weighted by molar-refractivity contribution is 0.251. The van der Waals surface area contributed by atoms with Gasteiger partial charge in [0.2, 0.25) is 0 Å². The van der Waals surface area contributed by atoms with Crippen molar-refractivity contribution in [2.24, 2.45) is 0 Å². The Kier molecular flexibility index (Phi) is 5.78. The summed E-state index contributed by atoms with van der Waals surface area (Å²) in [4.78, 5) is 11.9. The summed E-state index contributed by atoms with van der Waals surface area (Å²) in [6.07, 6.45) is 0.918. The van der Waals surface area contributed by atoms with Crippen LogP contribution < -0.4 is 10.6 Å². The van der Waals surface area contributed by atoms with Crippen molar-refractivity contribution in [1.29, 1.82) is 0 Å². The first-order valence-electron chi connectivity index (χ1n) is 7.15. The Morgan fingerprint density at radius 2 is 1.95 bits per heavy atom. The fraction of sp³-hybridized carbons (Fsp3) is 0.235. The van der Waals surface area contributed by atoms with Gasteiger partial charge in [0.1, 0.15) is 5.82 Å². The lowest BCUT2D eigenvalue weighted by Gasteiger charge is -2.16. The van der Waals surface area contributed by atoms with Crippen LogP contribution in [0, 0.1) is 5.82 Å². The standard InChI is InChI=1S/C17H18ClFN2O/c1-2-12(13-6-4-3-5-7-13)11-20-17(22)21-16-9-8-14(19)10-15(16)18/h3-10,12H,2,11H2,1H3,(H2,20,21,22). The summed E-state index contributed by atoms with van der Waals surface area (Å²) < 4.78 is 13.0. The number of nitrogens with one attached hydrogen (secondary N) is 2. The molecule has 0 radical (unpaired) electrons. The molecule has 116 valence electrons. The molecule has 2 rings (SSSR count). The Morgan fingerprint density at radius 3 is 2.59 bits per heavy atom. The quantitative estimate of drug-likeness (QED) is 0.816. The van der Waals surface area contributed by atoms with Gasteiger partial charge in [0.15, 0.2) is 0 Å². The predicted molar refractivity (Wildman–Crippen MR) is 87.9 cm³/mol. The van der Waals surface area contributed by atoms with E-state index >= 15 is 0 Å². The smallest absolute Gasteiger partial charge is 0.319 e. The number of carbonyl (C=O) groups is 1. The number of hydrogen-bond donors (Lipinski definition) is 2. The van der Waals surface area contributed by atoms with Gasteiger partial charge in [0, 0.05) is 12.5 Å². The van der Waals surface area contributed by atoms with Crippen LogP contribution in [0.4, 0.5) is 14.9 Å². The number of amides is 2. The molecule has 2 amide bonds. The largest absolute Gasteiger partial charge is 0.337 e. The first-order valence-corrected chi connectivity index (χ1v) is 7.52. The first kappa shape index (κ1) is 16.3. The van der Waals surface area contributed by atoms with E-state index in [-0.39, 0.29) is 17.0 Å². The summed E-state index contributed by atoms with van der Waals surface area (Å²) in [5, 5.41) is 5.61. The van der Waals surface area contributed by atoms with E-state index in [4.69, 9.17) is 11.6 Å². The molecular formula is C17H18ClFN2O. The molecule has 0 saturated carbocycles. The van der Waals surface area contributed by atoms with Crippen LogP contribution in [0.2, 0.25) is 5.02 Å². The van der Waals surface area contributed by atoms with E-state index < -0.39 is 5.82 Å². The summed E-state index contributed by atoms with van der Waals surface area (Å²) in [6.45, 7) is 2.60. The minimum atomic E-state index is -0.439. The average molecular weight is 321 g/mol. The van der Waals surface area contributed by atoms with E-state index in [0.29, 0.717) is 12.2 Å². The minimum Gasteiger partial charge on any atom is -0.337 e. The van der Waals surface area contributed by atoms with Crippen LogP contribution >= 0.6 is 11.6 Å². The molecule has 0 aliphatic carbocycles. The zero-order valence-electron chi connectivity index (χ0n) is 12.3. The molecule has 0 fully saturated rings.